The van der Waals surface area contributed by atoms with Crippen molar-refractivity contribution >= 4 is 23.5 Å². The van der Waals surface area contributed by atoms with Crippen LogP contribution in [0.15, 0.2) is 65.4 Å². The van der Waals surface area contributed by atoms with Crippen molar-refractivity contribution in [1.29, 1.82) is 0 Å². The first-order chi connectivity index (χ1) is 13.6. The van der Waals surface area contributed by atoms with E-state index >= 15 is 0 Å². The highest BCUT2D eigenvalue weighted by molar-refractivity contribution is 6.30. The molecule has 4 rings (SSSR count). The molecule has 1 amide bonds. The van der Waals surface area contributed by atoms with Crippen molar-refractivity contribution in [3.63, 3.8) is 0 Å². The van der Waals surface area contributed by atoms with Gasteiger partial charge in [-0.1, -0.05) is 58.7 Å². The number of hydrogen-bond acceptors (Lipinski definition) is 5. The Bertz CT molecular complexity index is 1100. The summed E-state index contributed by atoms with van der Waals surface area (Å²) in [6, 6.07) is 16.8. The molecule has 0 aliphatic rings. The summed E-state index contributed by atoms with van der Waals surface area (Å²) < 4.78 is 6.90. The minimum atomic E-state index is -0.439. The summed E-state index contributed by atoms with van der Waals surface area (Å²) in [7, 11) is 0. The molecule has 140 valence electrons. The molecule has 0 radical (unpaired) electrons. The van der Waals surface area contributed by atoms with Crippen molar-refractivity contribution in [1.82, 2.24) is 19.9 Å². The molecule has 2 aromatic carbocycles. The highest BCUT2D eigenvalue weighted by Gasteiger charge is 2.15. The Kier molecular flexibility index (Phi) is 4.90. The minimum Gasteiger partial charge on any atom is -0.355 e. The maximum absolute atomic E-state index is 12.4. The number of benzene rings is 2. The molecule has 0 saturated heterocycles. The van der Waals surface area contributed by atoms with Gasteiger partial charge in [-0.15, -0.1) is 5.10 Å². The van der Waals surface area contributed by atoms with E-state index in [4.69, 9.17) is 16.1 Å². The lowest BCUT2D eigenvalue weighted by molar-refractivity contribution is 0.101. The molecule has 0 spiro atoms. The van der Waals surface area contributed by atoms with Crippen LogP contribution in [0.1, 0.15) is 21.6 Å². The third-order valence-corrected chi connectivity index (χ3v) is 4.35. The number of amides is 1. The number of nitrogens with one attached hydrogen (secondary N) is 1. The van der Waals surface area contributed by atoms with Gasteiger partial charge < -0.3 is 4.52 Å². The molecule has 1 N–H and O–H groups in total. The number of aromatic nitrogens is 4. The van der Waals surface area contributed by atoms with Gasteiger partial charge in [-0.2, -0.15) is 0 Å². The van der Waals surface area contributed by atoms with E-state index in [1.807, 2.05) is 55.5 Å². The Morgan fingerprint density at radius 3 is 2.64 bits per heavy atom. The van der Waals surface area contributed by atoms with Crippen LogP contribution in [0.25, 0.3) is 11.3 Å². The second kappa shape index (κ2) is 7.66. The average Bonchev–Trinajstić information content (AvgIpc) is 3.34. The monoisotopic (exact) mass is 393 g/mol. The largest absolute Gasteiger partial charge is 0.355 e. The lowest BCUT2D eigenvalue weighted by atomic mass is 10.1. The summed E-state index contributed by atoms with van der Waals surface area (Å²) in [6.45, 7) is 2.52. The number of nitrogens with zero attached hydrogens (tertiary/aromatic N) is 4. The fourth-order valence-corrected chi connectivity index (χ4v) is 2.73. The van der Waals surface area contributed by atoms with E-state index in [1.54, 1.807) is 17.1 Å². The Labute approximate surface area is 166 Å². The number of rotatable bonds is 5. The second-order valence-corrected chi connectivity index (χ2v) is 6.73. The Hall–Kier alpha value is -3.45. The SMILES string of the molecule is Cc1ccc(-c2cc(C(=O)Nc3ncn(Cc4ccc(Cl)cc4)n3)no2)cc1. The van der Waals surface area contributed by atoms with Crippen LogP contribution >= 0.6 is 11.6 Å². The van der Waals surface area contributed by atoms with Crippen LogP contribution in [0, 0.1) is 6.92 Å². The summed E-state index contributed by atoms with van der Waals surface area (Å²) in [5.74, 6) is 0.275. The molecule has 8 heteroatoms. The van der Waals surface area contributed by atoms with E-state index in [0.717, 1.165) is 16.7 Å². The fraction of sp³-hybridized carbons (Fsp3) is 0.100. The molecule has 0 aliphatic carbocycles. The van der Waals surface area contributed by atoms with E-state index in [0.29, 0.717) is 17.3 Å². The molecule has 0 aliphatic heterocycles. The van der Waals surface area contributed by atoms with Crippen LogP contribution in [0.4, 0.5) is 5.95 Å². The van der Waals surface area contributed by atoms with E-state index in [9.17, 15) is 4.79 Å². The molecule has 7 nitrogen and oxygen atoms in total. The van der Waals surface area contributed by atoms with Crippen LogP contribution in [0.3, 0.4) is 0 Å². The highest BCUT2D eigenvalue weighted by atomic mass is 35.5. The predicted molar refractivity (Wildman–Crippen MR) is 105 cm³/mol. The van der Waals surface area contributed by atoms with Gasteiger partial charge >= 0.3 is 0 Å². The molecule has 0 bridgehead atoms. The summed E-state index contributed by atoms with van der Waals surface area (Å²) in [5.41, 5.74) is 3.17. The first-order valence-corrected chi connectivity index (χ1v) is 8.93. The molecule has 28 heavy (non-hydrogen) atoms. The molecule has 0 atom stereocenters. The third kappa shape index (κ3) is 4.10. The van der Waals surface area contributed by atoms with Gasteiger partial charge in [0.25, 0.3) is 5.91 Å². The van der Waals surface area contributed by atoms with Crippen molar-refractivity contribution in [2.75, 3.05) is 5.32 Å². The van der Waals surface area contributed by atoms with Gasteiger partial charge in [0.2, 0.25) is 5.95 Å². The fourth-order valence-electron chi connectivity index (χ4n) is 2.61. The van der Waals surface area contributed by atoms with Gasteiger partial charge in [0.1, 0.15) is 6.33 Å². The Morgan fingerprint density at radius 2 is 1.89 bits per heavy atom. The summed E-state index contributed by atoms with van der Waals surface area (Å²) in [4.78, 5) is 16.5. The summed E-state index contributed by atoms with van der Waals surface area (Å²) >= 11 is 5.89. The quantitative estimate of drug-likeness (QED) is 0.549. The van der Waals surface area contributed by atoms with E-state index in [2.05, 4.69) is 20.6 Å². The first kappa shape index (κ1) is 17.9. The van der Waals surface area contributed by atoms with Crippen LogP contribution in [0.5, 0.6) is 0 Å². The molecular formula is C20H16ClN5O2. The number of anilines is 1. The number of carbonyl (C=O) groups is 1. The highest BCUT2D eigenvalue weighted by Crippen LogP contribution is 2.21. The smallest absolute Gasteiger partial charge is 0.280 e. The van der Waals surface area contributed by atoms with Crippen molar-refractivity contribution < 1.29 is 9.32 Å². The van der Waals surface area contributed by atoms with Gasteiger partial charge in [-0.25, -0.2) is 9.67 Å². The number of aryl methyl sites for hydroxylation is 1. The zero-order valence-corrected chi connectivity index (χ0v) is 15.7. The van der Waals surface area contributed by atoms with Gasteiger partial charge in [0, 0.05) is 16.7 Å². The molecule has 4 aromatic rings. The van der Waals surface area contributed by atoms with E-state index in [-0.39, 0.29) is 11.6 Å². The standard InChI is InChI=1S/C20H16ClN5O2/c1-13-2-6-15(7-3-13)18-10-17(25-28-18)19(27)23-20-22-12-26(24-20)11-14-4-8-16(21)9-5-14/h2-10,12H,11H2,1H3,(H,23,24,27). The van der Waals surface area contributed by atoms with Crippen LogP contribution in [-0.4, -0.2) is 25.8 Å². The van der Waals surface area contributed by atoms with Crippen LogP contribution in [-0.2, 0) is 6.54 Å². The Balaban J connectivity index is 1.42. The zero-order chi connectivity index (χ0) is 19.5. The average molecular weight is 394 g/mol. The lowest BCUT2D eigenvalue weighted by Gasteiger charge is -2.01. The number of hydrogen-bond donors (Lipinski definition) is 1. The van der Waals surface area contributed by atoms with Crippen molar-refractivity contribution in [2.24, 2.45) is 0 Å². The van der Waals surface area contributed by atoms with Crippen molar-refractivity contribution in [3.8, 4) is 11.3 Å². The normalized spacial score (nSPS) is 10.8. The summed E-state index contributed by atoms with van der Waals surface area (Å²) in [5, 5.41) is 11.4. The van der Waals surface area contributed by atoms with E-state index < -0.39 is 5.91 Å². The zero-order valence-electron chi connectivity index (χ0n) is 15.0. The van der Waals surface area contributed by atoms with Crippen LogP contribution in [0.2, 0.25) is 5.02 Å². The number of halogens is 1. The lowest BCUT2D eigenvalue weighted by Crippen LogP contribution is -2.13. The molecule has 0 fully saturated rings. The van der Waals surface area contributed by atoms with Gasteiger partial charge in [0.05, 0.1) is 6.54 Å². The number of carbonyl (C=O) groups excluding carboxylic acids is 1. The minimum absolute atomic E-state index is 0.157. The first-order valence-electron chi connectivity index (χ1n) is 8.56. The van der Waals surface area contributed by atoms with Gasteiger partial charge in [-0.3, -0.25) is 10.1 Å². The van der Waals surface area contributed by atoms with Crippen LogP contribution < -0.4 is 5.32 Å². The van der Waals surface area contributed by atoms with E-state index in [1.165, 1.54) is 0 Å². The topological polar surface area (TPSA) is 85.8 Å². The second-order valence-electron chi connectivity index (χ2n) is 6.29. The maximum atomic E-state index is 12.4. The van der Waals surface area contributed by atoms with Crippen molar-refractivity contribution in [2.45, 2.75) is 13.5 Å². The van der Waals surface area contributed by atoms with Gasteiger partial charge in [-0.05, 0) is 24.6 Å². The molecule has 2 aromatic heterocycles. The van der Waals surface area contributed by atoms with Crippen molar-refractivity contribution in [3.05, 3.63) is 82.8 Å². The Morgan fingerprint density at radius 1 is 1.14 bits per heavy atom. The molecular weight excluding hydrogens is 378 g/mol. The molecule has 0 saturated carbocycles. The molecule has 2 heterocycles. The third-order valence-electron chi connectivity index (χ3n) is 4.10. The predicted octanol–water partition coefficient (Wildman–Crippen LogP) is 4.20. The maximum Gasteiger partial charge on any atom is 0.280 e. The molecule has 0 unspecified atom stereocenters. The van der Waals surface area contributed by atoms with Gasteiger partial charge in [0.15, 0.2) is 11.5 Å². The summed E-state index contributed by atoms with van der Waals surface area (Å²) in [6.07, 6.45) is 1.55.